The van der Waals surface area contributed by atoms with Crippen molar-refractivity contribution >= 4 is 22.8 Å². The van der Waals surface area contributed by atoms with Crippen LogP contribution in [0.15, 0.2) is 47.6 Å². The Kier molecular flexibility index (Phi) is 6.30. The van der Waals surface area contributed by atoms with Crippen LogP contribution in [-0.2, 0) is 11.4 Å². The number of non-ortho nitro benzene ring substituents is 2. The fraction of sp³-hybridized carbons (Fsp3) is 0.316. The van der Waals surface area contributed by atoms with Gasteiger partial charge in [0.25, 0.3) is 17.1 Å². The first-order valence-electron chi connectivity index (χ1n) is 9.21. The Morgan fingerprint density at radius 2 is 1.57 bits per heavy atom. The Balaban J connectivity index is 1.80. The van der Waals surface area contributed by atoms with Crippen LogP contribution >= 0.6 is 0 Å². The fourth-order valence-corrected chi connectivity index (χ4v) is 3.44. The molecule has 30 heavy (non-hydrogen) atoms. The normalized spacial score (nSPS) is 17.5. The smallest absolute Gasteiger partial charge is 0.280 e. The number of hydrogen-bond acceptors (Lipinski definition) is 8. The summed E-state index contributed by atoms with van der Waals surface area (Å²) in [6.07, 6.45) is 2.93. The highest BCUT2D eigenvalue weighted by Crippen LogP contribution is 2.37. The molecular formula is C19H18N4O7. The van der Waals surface area contributed by atoms with E-state index in [0.29, 0.717) is 29.7 Å². The Morgan fingerprint density at radius 3 is 2.20 bits per heavy atom. The van der Waals surface area contributed by atoms with Gasteiger partial charge in [0.2, 0.25) is 0 Å². The van der Waals surface area contributed by atoms with E-state index in [-0.39, 0.29) is 29.6 Å². The van der Waals surface area contributed by atoms with Crippen molar-refractivity contribution in [1.29, 1.82) is 0 Å². The molecule has 11 nitrogen and oxygen atoms in total. The van der Waals surface area contributed by atoms with Crippen molar-refractivity contribution in [3.05, 3.63) is 83.9 Å². The van der Waals surface area contributed by atoms with Gasteiger partial charge in [-0.1, -0.05) is 11.6 Å². The van der Waals surface area contributed by atoms with Crippen LogP contribution in [-0.4, -0.2) is 20.5 Å². The lowest BCUT2D eigenvalue weighted by atomic mass is 9.81. The lowest BCUT2D eigenvalue weighted by Gasteiger charge is -2.23. The lowest BCUT2D eigenvalue weighted by molar-refractivity contribution is -0.394. The molecule has 3 rings (SSSR count). The van der Waals surface area contributed by atoms with Crippen LogP contribution < -0.4 is 0 Å². The maximum Gasteiger partial charge on any atom is 0.280 e. The summed E-state index contributed by atoms with van der Waals surface area (Å²) >= 11 is 0. The molecule has 1 saturated carbocycles. The molecule has 156 valence electrons. The summed E-state index contributed by atoms with van der Waals surface area (Å²) in [7, 11) is 0. The van der Waals surface area contributed by atoms with E-state index in [9.17, 15) is 30.3 Å². The maximum atomic E-state index is 11.5. The van der Waals surface area contributed by atoms with Gasteiger partial charge < -0.3 is 4.84 Å². The number of nitro groups is 3. The van der Waals surface area contributed by atoms with Crippen LogP contribution in [0.1, 0.15) is 42.7 Å². The van der Waals surface area contributed by atoms with Gasteiger partial charge in [-0.15, -0.1) is 0 Å². The van der Waals surface area contributed by atoms with E-state index in [1.54, 1.807) is 12.1 Å². The monoisotopic (exact) mass is 414 g/mol. The highest BCUT2D eigenvalue weighted by Gasteiger charge is 2.30. The number of nitro benzene ring substituents is 3. The summed E-state index contributed by atoms with van der Waals surface area (Å²) in [5.41, 5.74) is 1.04. The summed E-state index contributed by atoms with van der Waals surface area (Å²) in [5, 5.41) is 37.3. The van der Waals surface area contributed by atoms with E-state index in [4.69, 9.17) is 4.84 Å². The van der Waals surface area contributed by atoms with Gasteiger partial charge in [-0.3, -0.25) is 30.3 Å². The number of nitrogens with zero attached hydrogens (tertiary/aromatic N) is 4. The first kappa shape index (κ1) is 20.8. The molecule has 0 amide bonds. The SMILES string of the molecule is O=[N+]([O-])c1ccc(CON=C2CCCCC2c2ccc([N+](=O)[O-])cc2[N+](=O)[O-])cc1. The number of benzene rings is 2. The average molecular weight is 414 g/mol. The summed E-state index contributed by atoms with van der Waals surface area (Å²) in [6, 6.07) is 9.52. The molecule has 1 atom stereocenters. The Bertz CT molecular complexity index is 1000. The van der Waals surface area contributed by atoms with Crippen molar-refractivity contribution in [3.8, 4) is 0 Å². The van der Waals surface area contributed by atoms with Crippen molar-refractivity contribution in [2.75, 3.05) is 0 Å². The molecule has 1 fully saturated rings. The topological polar surface area (TPSA) is 151 Å². The third-order valence-corrected chi connectivity index (χ3v) is 4.94. The van der Waals surface area contributed by atoms with Gasteiger partial charge in [-0.05, 0) is 43.0 Å². The zero-order valence-corrected chi connectivity index (χ0v) is 15.8. The fourth-order valence-electron chi connectivity index (χ4n) is 3.44. The molecule has 11 heteroatoms. The molecule has 0 radical (unpaired) electrons. The lowest BCUT2D eigenvalue weighted by Crippen LogP contribution is -2.19. The molecule has 1 aliphatic carbocycles. The molecule has 0 saturated heterocycles. The van der Waals surface area contributed by atoms with E-state index in [1.807, 2.05) is 0 Å². The van der Waals surface area contributed by atoms with Crippen LogP contribution in [0.3, 0.4) is 0 Å². The minimum absolute atomic E-state index is 0.0251. The minimum Gasteiger partial charge on any atom is -0.391 e. The first-order chi connectivity index (χ1) is 14.4. The highest BCUT2D eigenvalue weighted by molar-refractivity contribution is 5.92. The summed E-state index contributed by atoms with van der Waals surface area (Å²) in [6.45, 7) is 0.0938. The quantitative estimate of drug-likeness (QED) is 0.472. The van der Waals surface area contributed by atoms with Crippen molar-refractivity contribution in [1.82, 2.24) is 0 Å². The molecule has 0 bridgehead atoms. The number of oxime groups is 1. The van der Waals surface area contributed by atoms with Crippen molar-refractivity contribution in [3.63, 3.8) is 0 Å². The first-order valence-corrected chi connectivity index (χ1v) is 9.21. The minimum atomic E-state index is -0.667. The van der Waals surface area contributed by atoms with Gasteiger partial charge >= 0.3 is 0 Å². The summed E-state index contributed by atoms with van der Waals surface area (Å²) in [4.78, 5) is 36.8. The predicted octanol–water partition coefficient (Wildman–Crippen LogP) is 4.64. The highest BCUT2D eigenvalue weighted by atomic mass is 16.6. The van der Waals surface area contributed by atoms with Crippen LogP contribution in [0.2, 0.25) is 0 Å². The van der Waals surface area contributed by atoms with Gasteiger partial charge in [0.1, 0.15) is 6.61 Å². The predicted molar refractivity (Wildman–Crippen MR) is 106 cm³/mol. The van der Waals surface area contributed by atoms with E-state index in [2.05, 4.69) is 5.16 Å². The van der Waals surface area contributed by atoms with E-state index < -0.39 is 14.8 Å². The Labute approximate surface area is 170 Å². The molecular weight excluding hydrogens is 396 g/mol. The second kappa shape index (κ2) is 9.07. The van der Waals surface area contributed by atoms with Gasteiger partial charge in [0.05, 0.1) is 26.5 Å². The Morgan fingerprint density at radius 1 is 0.900 bits per heavy atom. The second-order valence-corrected chi connectivity index (χ2v) is 6.84. The largest absolute Gasteiger partial charge is 0.391 e. The Hall–Kier alpha value is -3.89. The molecule has 0 aromatic heterocycles. The zero-order valence-electron chi connectivity index (χ0n) is 15.8. The van der Waals surface area contributed by atoms with Crippen LogP contribution in [0, 0.1) is 30.3 Å². The van der Waals surface area contributed by atoms with Crippen molar-refractivity contribution in [2.45, 2.75) is 38.2 Å². The van der Waals surface area contributed by atoms with Crippen LogP contribution in [0.25, 0.3) is 0 Å². The van der Waals surface area contributed by atoms with Gasteiger partial charge in [-0.25, -0.2) is 0 Å². The third kappa shape index (κ3) is 4.74. The van der Waals surface area contributed by atoms with Gasteiger partial charge in [0.15, 0.2) is 0 Å². The molecule has 1 aliphatic rings. The van der Waals surface area contributed by atoms with Crippen LogP contribution in [0.4, 0.5) is 17.1 Å². The molecule has 0 spiro atoms. The molecule has 2 aromatic carbocycles. The van der Waals surface area contributed by atoms with Crippen LogP contribution in [0.5, 0.6) is 0 Å². The average Bonchev–Trinajstić information content (AvgIpc) is 2.74. The standard InChI is InChI=1S/C19H18N4O7/c24-21(25)14-7-5-13(6-8-14)12-30-20-18-4-2-1-3-16(18)17-10-9-15(22(26)27)11-19(17)23(28)29/h5-11,16H,1-4,12H2. The number of hydrogen-bond donors (Lipinski definition) is 0. The molecule has 0 N–H and O–H groups in total. The molecule has 0 heterocycles. The van der Waals surface area contributed by atoms with E-state index in [1.165, 1.54) is 24.3 Å². The van der Waals surface area contributed by atoms with Crippen molar-refractivity contribution < 1.29 is 19.6 Å². The van der Waals surface area contributed by atoms with E-state index in [0.717, 1.165) is 18.9 Å². The van der Waals surface area contributed by atoms with E-state index >= 15 is 0 Å². The van der Waals surface area contributed by atoms with Gasteiger partial charge in [0, 0.05) is 29.7 Å². The molecule has 1 unspecified atom stereocenters. The summed E-state index contributed by atoms with van der Waals surface area (Å²) in [5.74, 6) is -0.364. The van der Waals surface area contributed by atoms with Gasteiger partial charge in [-0.2, -0.15) is 0 Å². The van der Waals surface area contributed by atoms with Crippen molar-refractivity contribution in [2.24, 2.45) is 5.16 Å². The molecule has 0 aliphatic heterocycles. The summed E-state index contributed by atoms with van der Waals surface area (Å²) < 4.78 is 0. The molecule has 2 aromatic rings. The third-order valence-electron chi connectivity index (χ3n) is 4.94. The second-order valence-electron chi connectivity index (χ2n) is 6.84. The maximum absolute atomic E-state index is 11.5. The number of rotatable bonds is 7. The zero-order chi connectivity index (χ0) is 21.7.